The van der Waals surface area contributed by atoms with Gasteiger partial charge in [-0.25, -0.2) is 0 Å². The van der Waals surface area contributed by atoms with Crippen molar-refractivity contribution >= 4 is 16.3 Å². The van der Waals surface area contributed by atoms with Gasteiger partial charge in [0.2, 0.25) is 4.96 Å². The maximum atomic E-state index is 4.71. The minimum absolute atomic E-state index is 0.766. The molecule has 0 aliphatic carbocycles. The van der Waals surface area contributed by atoms with Crippen molar-refractivity contribution in [3.8, 4) is 22.1 Å². The maximum Gasteiger partial charge on any atom is 0.235 e. The van der Waals surface area contributed by atoms with Crippen molar-refractivity contribution in [3.05, 3.63) is 41.6 Å². The van der Waals surface area contributed by atoms with Crippen LogP contribution in [-0.4, -0.2) is 29.6 Å². The average molecular weight is 324 g/mol. The van der Waals surface area contributed by atoms with Crippen LogP contribution in [-0.2, 0) is 6.54 Å². The van der Waals surface area contributed by atoms with E-state index >= 15 is 0 Å². The van der Waals surface area contributed by atoms with Gasteiger partial charge in [-0.05, 0) is 26.8 Å². The third-order valence-electron chi connectivity index (χ3n) is 3.72. The number of fused-ring (bicyclic) bond motifs is 1. The van der Waals surface area contributed by atoms with Gasteiger partial charge in [0.1, 0.15) is 0 Å². The molecule has 0 spiro atoms. The van der Waals surface area contributed by atoms with Gasteiger partial charge in [-0.15, -0.1) is 10.2 Å². The molecular weight excluding hydrogens is 308 g/mol. The van der Waals surface area contributed by atoms with Gasteiger partial charge in [0.25, 0.3) is 0 Å². The van der Waals surface area contributed by atoms with E-state index in [0.29, 0.717) is 0 Å². The summed E-state index contributed by atoms with van der Waals surface area (Å²) in [6.45, 7) is 6.95. The van der Waals surface area contributed by atoms with Crippen LogP contribution in [0.1, 0.15) is 18.2 Å². The number of hydrogen-bond acceptors (Lipinski definition) is 5. The Labute approximate surface area is 137 Å². The molecule has 0 radical (unpaired) electrons. The highest BCUT2D eigenvalue weighted by Gasteiger charge is 2.17. The number of rotatable bonds is 3. The zero-order valence-corrected chi connectivity index (χ0v) is 14.0. The van der Waals surface area contributed by atoms with E-state index in [4.69, 9.17) is 5.10 Å². The minimum Gasteiger partial charge on any atom is -0.262 e. The maximum absolute atomic E-state index is 4.71. The molecule has 0 atom stereocenters. The first-order chi connectivity index (χ1) is 11.2. The molecule has 0 saturated heterocycles. The molecule has 116 valence electrons. The van der Waals surface area contributed by atoms with Crippen molar-refractivity contribution in [2.24, 2.45) is 0 Å². The molecule has 0 aliphatic rings. The van der Waals surface area contributed by atoms with E-state index in [0.717, 1.165) is 39.3 Å². The van der Waals surface area contributed by atoms with E-state index in [1.54, 1.807) is 0 Å². The lowest BCUT2D eigenvalue weighted by molar-refractivity contribution is 0.659. The topological polar surface area (TPSA) is 60.9 Å². The third kappa shape index (κ3) is 2.33. The molecule has 7 heteroatoms. The number of benzene rings is 1. The first-order valence-corrected chi connectivity index (χ1v) is 8.31. The smallest absolute Gasteiger partial charge is 0.235 e. The van der Waals surface area contributed by atoms with Crippen LogP contribution in [0.25, 0.3) is 27.1 Å². The zero-order chi connectivity index (χ0) is 16.0. The first-order valence-electron chi connectivity index (χ1n) is 7.50. The Morgan fingerprint density at radius 3 is 2.57 bits per heavy atom. The summed E-state index contributed by atoms with van der Waals surface area (Å²) >= 11 is 1.53. The summed E-state index contributed by atoms with van der Waals surface area (Å²) in [5.41, 5.74) is 4.25. The van der Waals surface area contributed by atoms with Crippen molar-refractivity contribution < 1.29 is 0 Å². The molecule has 3 heterocycles. The molecule has 0 bridgehead atoms. The number of aryl methyl sites for hydroxylation is 3. The lowest BCUT2D eigenvalue weighted by Gasteiger charge is -2.00. The molecule has 0 amide bonds. The Hall–Kier alpha value is -2.54. The second-order valence-electron chi connectivity index (χ2n) is 5.48. The van der Waals surface area contributed by atoms with Gasteiger partial charge in [0, 0.05) is 12.1 Å². The average Bonchev–Trinajstić information content (AvgIpc) is 3.21. The lowest BCUT2D eigenvalue weighted by atomic mass is 10.1. The summed E-state index contributed by atoms with van der Waals surface area (Å²) in [7, 11) is 0. The Morgan fingerprint density at radius 2 is 1.83 bits per heavy atom. The number of aromatic nitrogens is 6. The van der Waals surface area contributed by atoms with Crippen molar-refractivity contribution in [2.45, 2.75) is 27.3 Å². The van der Waals surface area contributed by atoms with Gasteiger partial charge in [0.15, 0.2) is 10.8 Å². The zero-order valence-electron chi connectivity index (χ0n) is 13.2. The lowest BCUT2D eigenvalue weighted by Crippen LogP contribution is -1.99. The van der Waals surface area contributed by atoms with E-state index in [2.05, 4.69) is 47.3 Å². The highest BCUT2D eigenvalue weighted by Crippen LogP contribution is 2.28. The molecule has 1 aromatic carbocycles. The van der Waals surface area contributed by atoms with Gasteiger partial charge >= 0.3 is 0 Å². The van der Waals surface area contributed by atoms with Crippen molar-refractivity contribution in [1.29, 1.82) is 0 Å². The summed E-state index contributed by atoms with van der Waals surface area (Å²) in [4.78, 5) is 0.789. The summed E-state index contributed by atoms with van der Waals surface area (Å²) in [5.74, 6) is 0.766. The second-order valence-corrected chi connectivity index (χ2v) is 6.43. The predicted molar refractivity (Wildman–Crippen MR) is 90.5 cm³/mol. The Bertz CT molecular complexity index is 976. The van der Waals surface area contributed by atoms with Gasteiger partial charge < -0.3 is 0 Å². The van der Waals surface area contributed by atoms with Crippen LogP contribution in [0.15, 0.2) is 30.3 Å². The standard InChI is InChI=1S/C16H16N6S/c1-4-21-13(9-11(3)19-21)15-20-22-14(17-18-16(22)23-15)12-7-5-10(2)6-8-12/h5-9H,4H2,1-3H3. The van der Waals surface area contributed by atoms with Crippen LogP contribution in [0.3, 0.4) is 0 Å². The first kappa shape index (κ1) is 14.1. The van der Waals surface area contributed by atoms with Gasteiger partial charge in [-0.2, -0.15) is 14.7 Å². The fraction of sp³-hybridized carbons (Fsp3) is 0.250. The van der Waals surface area contributed by atoms with E-state index in [9.17, 15) is 0 Å². The van der Waals surface area contributed by atoms with Crippen molar-refractivity contribution in [1.82, 2.24) is 29.6 Å². The molecule has 4 aromatic rings. The molecule has 0 aliphatic heterocycles. The fourth-order valence-corrected chi connectivity index (χ4v) is 3.42. The van der Waals surface area contributed by atoms with Crippen LogP contribution >= 0.6 is 11.3 Å². The van der Waals surface area contributed by atoms with Crippen LogP contribution in [0.4, 0.5) is 0 Å². The van der Waals surface area contributed by atoms with E-state index in [-0.39, 0.29) is 0 Å². The van der Waals surface area contributed by atoms with E-state index in [1.807, 2.05) is 28.3 Å². The second kappa shape index (κ2) is 5.27. The molecule has 0 N–H and O–H groups in total. The van der Waals surface area contributed by atoms with Crippen molar-refractivity contribution in [3.63, 3.8) is 0 Å². The Kier molecular flexibility index (Phi) is 3.23. The van der Waals surface area contributed by atoms with Crippen LogP contribution in [0.2, 0.25) is 0 Å². The van der Waals surface area contributed by atoms with Gasteiger partial charge in [-0.3, -0.25) is 4.68 Å². The largest absolute Gasteiger partial charge is 0.262 e. The Balaban J connectivity index is 1.84. The normalized spacial score (nSPS) is 11.4. The highest BCUT2D eigenvalue weighted by atomic mass is 32.1. The SMILES string of the molecule is CCn1nc(C)cc1-c1nn2c(-c3ccc(C)cc3)nnc2s1. The van der Waals surface area contributed by atoms with Crippen molar-refractivity contribution in [2.75, 3.05) is 0 Å². The van der Waals surface area contributed by atoms with Gasteiger partial charge in [-0.1, -0.05) is 41.2 Å². The van der Waals surface area contributed by atoms with Crippen LogP contribution in [0, 0.1) is 13.8 Å². The fourth-order valence-electron chi connectivity index (χ4n) is 2.56. The van der Waals surface area contributed by atoms with E-state index < -0.39 is 0 Å². The summed E-state index contributed by atoms with van der Waals surface area (Å²) in [6, 6.07) is 10.3. The molecule has 0 fully saturated rings. The summed E-state index contributed by atoms with van der Waals surface area (Å²) in [5, 5.41) is 18.7. The molecule has 23 heavy (non-hydrogen) atoms. The summed E-state index contributed by atoms with van der Waals surface area (Å²) in [6.07, 6.45) is 0. The molecule has 6 nitrogen and oxygen atoms in total. The molecule has 3 aromatic heterocycles. The van der Waals surface area contributed by atoms with Crippen LogP contribution in [0.5, 0.6) is 0 Å². The highest BCUT2D eigenvalue weighted by molar-refractivity contribution is 7.19. The quantitative estimate of drug-likeness (QED) is 0.580. The summed E-state index contributed by atoms with van der Waals surface area (Å²) < 4.78 is 3.78. The Morgan fingerprint density at radius 1 is 1.04 bits per heavy atom. The molecule has 0 saturated carbocycles. The third-order valence-corrected chi connectivity index (χ3v) is 4.64. The number of hydrogen-bond donors (Lipinski definition) is 0. The molecule has 4 rings (SSSR count). The molecule has 0 unspecified atom stereocenters. The van der Waals surface area contributed by atoms with Gasteiger partial charge in [0.05, 0.1) is 11.4 Å². The minimum atomic E-state index is 0.766. The monoisotopic (exact) mass is 324 g/mol. The predicted octanol–water partition coefficient (Wildman–Crippen LogP) is 3.35. The van der Waals surface area contributed by atoms with E-state index in [1.165, 1.54) is 16.9 Å². The van der Waals surface area contributed by atoms with Crippen LogP contribution < -0.4 is 0 Å². The molecular formula is C16H16N6S. The number of nitrogens with zero attached hydrogens (tertiary/aromatic N) is 6.